The molecular formula is C18H14BrF2NO4S. The topological polar surface area (TPSA) is 86.5 Å². The summed E-state index contributed by atoms with van der Waals surface area (Å²) in [5.41, 5.74) is -1.08. The third kappa shape index (κ3) is 3.54. The van der Waals surface area contributed by atoms with E-state index >= 15 is 0 Å². The minimum absolute atomic E-state index is 0.0484. The summed E-state index contributed by atoms with van der Waals surface area (Å²) in [4.78, 5) is 12.6. The number of hydrogen-bond acceptors (Lipinski definition) is 4. The maximum absolute atomic E-state index is 14.3. The largest absolute Gasteiger partial charge is 0.478 e. The van der Waals surface area contributed by atoms with Crippen molar-refractivity contribution in [2.75, 3.05) is 0 Å². The van der Waals surface area contributed by atoms with Crippen LogP contribution in [-0.4, -0.2) is 19.8 Å². The van der Waals surface area contributed by atoms with Gasteiger partial charge < -0.3 is 4.74 Å². The highest BCUT2D eigenvalue weighted by atomic mass is 79.9. The summed E-state index contributed by atoms with van der Waals surface area (Å²) in [6.45, 7) is 3.05. The van der Waals surface area contributed by atoms with Crippen molar-refractivity contribution < 1.29 is 26.7 Å². The Morgan fingerprint density at radius 2 is 1.78 bits per heavy atom. The van der Waals surface area contributed by atoms with Crippen molar-refractivity contribution in [1.29, 1.82) is 0 Å². The van der Waals surface area contributed by atoms with Gasteiger partial charge >= 0.3 is 0 Å². The van der Waals surface area contributed by atoms with Crippen LogP contribution in [0.1, 0.15) is 25.0 Å². The molecule has 0 atom stereocenters. The first-order chi connectivity index (χ1) is 12.4. The minimum atomic E-state index is -3.96. The molecule has 1 aliphatic rings. The quantitative estimate of drug-likeness (QED) is 0.762. The second-order valence-corrected chi connectivity index (χ2v) is 8.84. The van der Waals surface area contributed by atoms with E-state index in [1.54, 1.807) is 0 Å². The molecule has 0 bridgehead atoms. The number of ketones is 1. The molecule has 1 heterocycles. The fourth-order valence-electron chi connectivity index (χ4n) is 2.77. The molecule has 27 heavy (non-hydrogen) atoms. The van der Waals surface area contributed by atoms with Crippen molar-refractivity contribution in [3.05, 3.63) is 63.6 Å². The maximum Gasteiger partial charge on any atom is 0.239 e. The molecule has 0 unspecified atom stereocenters. The molecule has 3 rings (SSSR count). The lowest BCUT2D eigenvalue weighted by atomic mass is 9.92. The average Bonchev–Trinajstić information content (AvgIpc) is 2.77. The highest BCUT2D eigenvalue weighted by Crippen LogP contribution is 2.42. The third-order valence-electron chi connectivity index (χ3n) is 4.06. The fraction of sp³-hybridized carbons (Fsp3) is 0.167. The molecule has 9 heteroatoms. The van der Waals surface area contributed by atoms with Gasteiger partial charge in [0, 0.05) is 21.7 Å². The Balaban J connectivity index is 2.25. The van der Waals surface area contributed by atoms with E-state index in [-0.39, 0.29) is 26.3 Å². The van der Waals surface area contributed by atoms with Gasteiger partial charge in [-0.3, -0.25) is 4.79 Å². The Bertz CT molecular complexity index is 1110. The van der Waals surface area contributed by atoms with Crippen molar-refractivity contribution in [3.8, 4) is 0 Å². The first-order valence-corrected chi connectivity index (χ1v) is 10.0. The molecule has 5 nitrogen and oxygen atoms in total. The second-order valence-electron chi connectivity index (χ2n) is 6.46. The van der Waals surface area contributed by atoms with Gasteiger partial charge in [0.05, 0.1) is 10.5 Å². The van der Waals surface area contributed by atoms with Crippen LogP contribution in [-0.2, 0) is 19.6 Å². The van der Waals surface area contributed by atoms with Crippen LogP contribution in [0, 0.1) is 11.6 Å². The molecule has 0 spiro atoms. The molecule has 2 aromatic rings. The fourth-order valence-corrected chi connectivity index (χ4v) is 4.41. The number of primary sulfonamides is 1. The molecule has 2 N–H and O–H groups in total. The van der Waals surface area contributed by atoms with Gasteiger partial charge in [-0.25, -0.2) is 22.3 Å². The lowest BCUT2D eigenvalue weighted by molar-refractivity contribution is -0.125. The third-order valence-corrected chi connectivity index (χ3v) is 5.95. The number of ether oxygens (including phenoxy) is 1. The Kier molecular flexibility index (Phi) is 4.73. The Labute approximate surface area is 163 Å². The van der Waals surface area contributed by atoms with E-state index in [0.29, 0.717) is 11.6 Å². The Morgan fingerprint density at radius 1 is 1.11 bits per heavy atom. The number of Topliss-reactive ketones (excluding diaryl/α,β-unsaturated/α-hetero) is 1. The van der Waals surface area contributed by atoms with E-state index in [4.69, 9.17) is 9.88 Å². The van der Waals surface area contributed by atoms with Gasteiger partial charge in [0.2, 0.25) is 15.8 Å². The van der Waals surface area contributed by atoms with E-state index in [2.05, 4.69) is 15.9 Å². The summed E-state index contributed by atoms with van der Waals surface area (Å²) in [5, 5.41) is 5.14. The summed E-state index contributed by atoms with van der Waals surface area (Å²) < 4.78 is 56.6. The first-order valence-electron chi connectivity index (χ1n) is 7.68. The molecule has 2 aromatic carbocycles. The molecule has 0 aromatic heterocycles. The van der Waals surface area contributed by atoms with Crippen LogP contribution in [0.5, 0.6) is 0 Å². The second kappa shape index (κ2) is 6.50. The first kappa shape index (κ1) is 19.7. The van der Waals surface area contributed by atoms with Gasteiger partial charge in [-0.05, 0) is 60.1 Å². The summed E-state index contributed by atoms with van der Waals surface area (Å²) in [5.74, 6) is -2.09. The molecule has 1 aliphatic heterocycles. The highest BCUT2D eigenvalue weighted by Gasteiger charge is 2.43. The molecule has 0 aliphatic carbocycles. The standard InChI is InChI=1S/C18H14BrF2NO4S/c1-18(2)17(23)15(11-5-4-10(20)8-13(11)21)16(26-18)9-3-6-14(12(19)7-9)27(22,24)25/h3-8H,1-2H3,(H2,22,24,25). The van der Waals surface area contributed by atoms with Crippen LogP contribution in [0.4, 0.5) is 8.78 Å². The SMILES string of the molecule is CC1(C)OC(c2ccc(S(N)(=O)=O)c(Br)c2)=C(c2ccc(F)cc2F)C1=O. The molecule has 0 amide bonds. The van der Waals surface area contributed by atoms with E-state index in [9.17, 15) is 22.0 Å². The van der Waals surface area contributed by atoms with Crippen molar-refractivity contribution in [2.45, 2.75) is 24.3 Å². The van der Waals surface area contributed by atoms with Gasteiger partial charge in [-0.15, -0.1) is 0 Å². The summed E-state index contributed by atoms with van der Waals surface area (Å²) in [6, 6.07) is 6.94. The van der Waals surface area contributed by atoms with E-state index in [1.165, 1.54) is 32.0 Å². The highest BCUT2D eigenvalue weighted by molar-refractivity contribution is 9.10. The van der Waals surface area contributed by atoms with Crippen LogP contribution in [0.2, 0.25) is 0 Å². The number of nitrogens with two attached hydrogens (primary N) is 1. The zero-order valence-corrected chi connectivity index (χ0v) is 16.6. The Hall–Kier alpha value is -2.10. The van der Waals surface area contributed by atoms with Crippen LogP contribution < -0.4 is 5.14 Å². The van der Waals surface area contributed by atoms with Gasteiger partial charge in [0.15, 0.2) is 5.60 Å². The minimum Gasteiger partial charge on any atom is -0.478 e. The number of sulfonamides is 1. The van der Waals surface area contributed by atoms with Crippen LogP contribution >= 0.6 is 15.9 Å². The van der Waals surface area contributed by atoms with Gasteiger partial charge in [-0.2, -0.15) is 0 Å². The summed E-state index contributed by atoms with van der Waals surface area (Å²) in [7, 11) is -3.96. The van der Waals surface area contributed by atoms with Crippen molar-refractivity contribution in [1.82, 2.24) is 0 Å². The zero-order valence-electron chi connectivity index (χ0n) is 14.2. The van der Waals surface area contributed by atoms with Gasteiger partial charge in [0.1, 0.15) is 17.4 Å². The number of carbonyl (C=O) groups excluding carboxylic acids is 1. The van der Waals surface area contributed by atoms with Crippen molar-refractivity contribution >= 4 is 43.1 Å². The number of hydrogen-bond donors (Lipinski definition) is 1. The van der Waals surface area contributed by atoms with E-state index in [0.717, 1.165) is 12.1 Å². The predicted octanol–water partition coefficient (Wildman–Crippen LogP) is 3.62. The molecule has 142 valence electrons. The predicted molar refractivity (Wildman–Crippen MR) is 98.9 cm³/mol. The monoisotopic (exact) mass is 457 g/mol. The van der Waals surface area contributed by atoms with Crippen LogP contribution in [0.25, 0.3) is 11.3 Å². The van der Waals surface area contributed by atoms with Crippen molar-refractivity contribution in [2.24, 2.45) is 5.14 Å². The smallest absolute Gasteiger partial charge is 0.239 e. The number of benzene rings is 2. The van der Waals surface area contributed by atoms with Crippen molar-refractivity contribution in [3.63, 3.8) is 0 Å². The summed E-state index contributed by atoms with van der Waals surface area (Å²) in [6.07, 6.45) is 0. The molecule has 0 radical (unpaired) electrons. The average molecular weight is 458 g/mol. The number of halogens is 3. The lowest BCUT2D eigenvalue weighted by Crippen LogP contribution is -2.29. The molecule has 0 saturated heterocycles. The number of rotatable bonds is 3. The number of carbonyl (C=O) groups is 1. The van der Waals surface area contributed by atoms with Crippen LogP contribution in [0.3, 0.4) is 0 Å². The van der Waals surface area contributed by atoms with Gasteiger partial charge in [-0.1, -0.05) is 0 Å². The summed E-state index contributed by atoms with van der Waals surface area (Å²) >= 11 is 3.13. The lowest BCUT2D eigenvalue weighted by Gasteiger charge is -2.18. The molecular weight excluding hydrogens is 444 g/mol. The van der Waals surface area contributed by atoms with Crippen LogP contribution in [0.15, 0.2) is 45.8 Å². The normalized spacial score (nSPS) is 16.6. The molecule has 0 fully saturated rings. The maximum atomic E-state index is 14.3. The Morgan fingerprint density at radius 3 is 2.33 bits per heavy atom. The van der Waals surface area contributed by atoms with E-state index in [1.807, 2.05) is 0 Å². The zero-order chi connectivity index (χ0) is 20.1. The van der Waals surface area contributed by atoms with Gasteiger partial charge in [0.25, 0.3) is 0 Å². The molecule has 0 saturated carbocycles. The van der Waals surface area contributed by atoms with E-state index < -0.39 is 33.0 Å².